The van der Waals surface area contributed by atoms with Gasteiger partial charge in [0.15, 0.2) is 0 Å². The largest absolute Gasteiger partial charge is 0.314 e. The first kappa shape index (κ1) is 15.9. The van der Waals surface area contributed by atoms with Gasteiger partial charge in [0.1, 0.15) is 0 Å². The summed E-state index contributed by atoms with van der Waals surface area (Å²) in [4.78, 5) is 0. The van der Waals surface area contributed by atoms with Crippen LogP contribution in [0.2, 0.25) is 5.02 Å². The zero-order valence-corrected chi connectivity index (χ0v) is 14.0. The molecule has 112 valence electrons. The van der Waals surface area contributed by atoms with E-state index in [2.05, 4.69) is 45.1 Å². The lowest BCUT2D eigenvalue weighted by atomic mass is 9.63. The normalized spacial score (nSPS) is 27.6. The number of halogens is 1. The third kappa shape index (κ3) is 3.38. The Labute approximate surface area is 129 Å². The van der Waals surface area contributed by atoms with Crippen LogP contribution in [0, 0.1) is 11.8 Å². The molecule has 0 spiro atoms. The summed E-state index contributed by atoms with van der Waals surface area (Å²) in [5.74, 6) is 1.54. The average Bonchev–Trinajstić information content (AvgIpc) is 2.39. The SMILES string of the molecule is CCNC1CC(C)CCC1C(C)(C)c1ccc(Cl)cc1. The highest BCUT2D eigenvalue weighted by Crippen LogP contribution is 2.42. The third-order valence-corrected chi connectivity index (χ3v) is 5.35. The maximum Gasteiger partial charge on any atom is 0.0406 e. The molecule has 0 saturated heterocycles. The van der Waals surface area contributed by atoms with Gasteiger partial charge in [-0.3, -0.25) is 0 Å². The molecule has 0 aromatic heterocycles. The Morgan fingerprint density at radius 3 is 2.45 bits per heavy atom. The summed E-state index contributed by atoms with van der Waals surface area (Å²) < 4.78 is 0. The minimum atomic E-state index is 0.192. The van der Waals surface area contributed by atoms with E-state index in [1.807, 2.05) is 12.1 Å². The Hall–Kier alpha value is -0.530. The highest BCUT2D eigenvalue weighted by Gasteiger charge is 2.39. The van der Waals surface area contributed by atoms with E-state index in [0.29, 0.717) is 12.0 Å². The Morgan fingerprint density at radius 1 is 1.20 bits per heavy atom. The maximum atomic E-state index is 6.03. The molecule has 0 radical (unpaired) electrons. The van der Waals surface area contributed by atoms with Crippen molar-refractivity contribution in [2.24, 2.45) is 11.8 Å². The Balaban J connectivity index is 2.23. The van der Waals surface area contributed by atoms with Crippen molar-refractivity contribution >= 4 is 11.6 Å². The molecule has 1 aliphatic rings. The summed E-state index contributed by atoms with van der Waals surface area (Å²) in [6.45, 7) is 10.4. The molecular weight excluding hydrogens is 266 g/mol. The van der Waals surface area contributed by atoms with E-state index in [1.165, 1.54) is 24.8 Å². The monoisotopic (exact) mass is 293 g/mol. The number of hydrogen-bond acceptors (Lipinski definition) is 1. The molecular formula is C18H28ClN. The lowest BCUT2D eigenvalue weighted by molar-refractivity contribution is 0.147. The van der Waals surface area contributed by atoms with Gasteiger partial charge in [-0.15, -0.1) is 0 Å². The molecule has 2 heteroatoms. The van der Waals surface area contributed by atoms with E-state index < -0.39 is 0 Å². The van der Waals surface area contributed by atoms with Crippen LogP contribution in [-0.4, -0.2) is 12.6 Å². The predicted molar refractivity (Wildman–Crippen MR) is 88.4 cm³/mol. The summed E-state index contributed by atoms with van der Waals surface area (Å²) in [5.41, 5.74) is 1.60. The Bertz CT molecular complexity index is 424. The molecule has 0 aliphatic heterocycles. The van der Waals surface area contributed by atoms with Crippen LogP contribution < -0.4 is 5.32 Å². The molecule has 0 amide bonds. The number of hydrogen-bond donors (Lipinski definition) is 1. The van der Waals surface area contributed by atoms with Gasteiger partial charge in [0.25, 0.3) is 0 Å². The van der Waals surface area contributed by atoms with Crippen molar-refractivity contribution in [3.8, 4) is 0 Å². The van der Waals surface area contributed by atoms with Crippen LogP contribution >= 0.6 is 11.6 Å². The van der Waals surface area contributed by atoms with E-state index >= 15 is 0 Å². The second kappa shape index (κ2) is 6.49. The summed E-state index contributed by atoms with van der Waals surface area (Å²) in [6, 6.07) is 9.07. The van der Waals surface area contributed by atoms with Gasteiger partial charge < -0.3 is 5.32 Å². The van der Waals surface area contributed by atoms with E-state index in [-0.39, 0.29) is 5.41 Å². The van der Waals surface area contributed by atoms with E-state index in [4.69, 9.17) is 11.6 Å². The lowest BCUT2D eigenvalue weighted by Gasteiger charge is -2.45. The van der Waals surface area contributed by atoms with Crippen LogP contribution in [0.25, 0.3) is 0 Å². The molecule has 1 N–H and O–H groups in total. The minimum absolute atomic E-state index is 0.192. The average molecular weight is 294 g/mol. The molecule has 1 saturated carbocycles. The topological polar surface area (TPSA) is 12.0 Å². The van der Waals surface area contributed by atoms with Crippen LogP contribution in [0.1, 0.15) is 52.5 Å². The number of benzene rings is 1. The van der Waals surface area contributed by atoms with Gasteiger partial charge in [0, 0.05) is 11.1 Å². The van der Waals surface area contributed by atoms with E-state index in [0.717, 1.165) is 17.5 Å². The van der Waals surface area contributed by atoms with Gasteiger partial charge in [0.05, 0.1) is 0 Å². The standard InChI is InChI=1S/C18H28ClN/c1-5-20-17-12-13(2)6-11-16(17)18(3,4)14-7-9-15(19)10-8-14/h7-10,13,16-17,20H,5-6,11-12H2,1-4H3. The van der Waals surface area contributed by atoms with Crippen molar-refractivity contribution in [1.29, 1.82) is 0 Å². The number of nitrogens with one attached hydrogen (secondary N) is 1. The van der Waals surface area contributed by atoms with Crippen molar-refractivity contribution in [2.75, 3.05) is 6.54 Å². The van der Waals surface area contributed by atoms with E-state index in [9.17, 15) is 0 Å². The van der Waals surface area contributed by atoms with Crippen molar-refractivity contribution in [2.45, 2.75) is 58.4 Å². The summed E-state index contributed by atoms with van der Waals surface area (Å²) in [6.07, 6.45) is 3.97. The Kier molecular flexibility index (Phi) is 5.14. The summed E-state index contributed by atoms with van der Waals surface area (Å²) in [5, 5.41) is 4.55. The number of rotatable bonds is 4. The van der Waals surface area contributed by atoms with Gasteiger partial charge in [-0.1, -0.05) is 57.8 Å². The van der Waals surface area contributed by atoms with Crippen LogP contribution in [0.4, 0.5) is 0 Å². The van der Waals surface area contributed by atoms with Gasteiger partial charge in [-0.2, -0.15) is 0 Å². The predicted octanol–water partition coefficient (Wildman–Crippen LogP) is 5.03. The van der Waals surface area contributed by atoms with Crippen LogP contribution in [0.5, 0.6) is 0 Å². The first-order chi connectivity index (χ1) is 9.45. The second-order valence-corrected chi connectivity index (χ2v) is 7.35. The molecule has 0 heterocycles. The molecule has 1 nitrogen and oxygen atoms in total. The first-order valence-corrected chi connectivity index (χ1v) is 8.32. The molecule has 3 unspecified atom stereocenters. The third-order valence-electron chi connectivity index (χ3n) is 5.09. The van der Waals surface area contributed by atoms with Gasteiger partial charge >= 0.3 is 0 Å². The molecule has 1 aromatic carbocycles. The fourth-order valence-corrected chi connectivity index (χ4v) is 3.95. The molecule has 1 aromatic rings. The van der Waals surface area contributed by atoms with Gasteiger partial charge in [0.2, 0.25) is 0 Å². The van der Waals surface area contributed by atoms with Gasteiger partial charge in [-0.05, 0) is 54.3 Å². The van der Waals surface area contributed by atoms with Crippen molar-refractivity contribution in [3.63, 3.8) is 0 Å². The lowest BCUT2D eigenvalue weighted by Crippen LogP contribution is -2.48. The Morgan fingerprint density at radius 2 is 1.85 bits per heavy atom. The molecule has 1 aliphatic carbocycles. The van der Waals surface area contributed by atoms with E-state index in [1.54, 1.807) is 0 Å². The van der Waals surface area contributed by atoms with Crippen LogP contribution in [-0.2, 0) is 5.41 Å². The smallest absolute Gasteiger partial charge is 0.0406 e. The molecule has 0 bridgehead atoms. The molecule has 3 atom stereocenters. The fourth-order valence-electron chi connectivity index (χ4n) is 3.83. The molecule has 1 fully saturated rings. The highest BCUT2D eigenvalue weighted by atomic mass is 35.5. The van der Waals surface area contributed by atoms with Crippen LogP contribution in [0.15, 0.2) is 24.3 Å². The zero-order chi connectivity index (χ0) is 14.8. The fraction of sp³-hybridized carbons (Fsp3) is 0.667. The minimum Gasteiger partial charge on any atom is -0.314 e. The second-order valence-electron chi connectivity index (χ2n) is 6.92. The highest BCUT2D eigenvalue weighted by molar-refractivity contribution is 6.30. The maximum absolute atomic E-state index is 6.03. The molecule has 20 heavy (non-hydrogen) atoms. The molecule has 2 rings (SSSR count). The van der Waals surface area contributed by atoms with Gasteiger partial charge in [-0.25, -0.2) is 0 Å². The van der Waals surface area contributed by atoms with Crippen LogP contribution in [0.3, 0.4) is 0 Å². The van der Waals surface area contributed by atoms with Crippen molar-refractivity contribution in [3.05, 3.63) is 34.9 Å². The first-order valence-electron chi connectivity index (χ1n) is 7.94. The zero-order valence-electron chi connectivity index (χ0n) is 13.2. The van der Waals surface area contributed by atoms with Crippen molar-refractivity contribution < 1.29 is 0 Å². The quantitative estimate of drug-likeness (QED) is 0.821. The van der Waals surface area contributed by atoms with Crippen molar-refractivity contribution in [1.82, 2.24) is 5.32 Å². The summed E-state index contributed by atoms with van der Waals surface area (Å²) >= 11 is 6.03. The summed E-state index contributed by atoms with van der Waals surface area (Å²) in [7, 11) is 0.